The Bertz CT molecular complexity index is 1130. The fourth-order valence-electron chi connectivity index (χ4n) is 3.61. The van der Waals surface area contributed by atoms with Crippen molar-refractivity contribution in [3.63, 3.8) is 0 Å². The van der Waals surface area contributed by atoms with Crippen LogP contribution in [0, 0.1) is 10.1 Å². The van der Waals surface area contributed by atoms with Crippen LogP contribution in [0.2, 0.25) is 0 Å². The maximum Gasteiger partial charge on any atom is 0.269 e. The van der Waals surface area contributed by atoms with Crippen molar-refractivity contribution in [1.82, 2.24) is 4.57 Å². The summed E-state index contributed by atoms with van der Waals surface area (Å²) in [4.78, 5) is 10.5. The highest BCUT2D eigenvalue weighted by Gasteiger charge is 2.30. The third kappa shape index (κ3) is 3.17. The van der Waals surface area contributed by atoms with Gasteiger partial charge in [-0.25, -0.2) is 0 Å². The molecule has 5 nitrogen and oxygen atoms in total. The van der Waals surface area contributed by atoms with Crippen LogP contribution in [0.15, 0.2) is 84.9 Å². The molecule has 0 spiro atoms. The number of aromatic nitrogens is 1. The van der Waals surface area contributed by atoms with Gasteiger partial charge in [0.15, 0.2) is 0 Å². The fraction of sp³-hybridized carbons (Fsp3) is 0.130. The van der Waals surface area contributed by atoms with Gasteiger partial charge in [-0.1, -0.05) is 48.5 Å². The van der Waals surface area contributed by atoms with E-state index in [0.717, 1.165) is 22.2 Å². The molecule has 0 saturated carbocycles. The lowest BCUT2D eigenvalue weighted by Crippen LogP contribution is -2.26. The number of hydrogen-bond acceptors (Lipinski definition) is 3. The van der Waals surface area contributed by atoms with Gasteiger partial charge in [-0.05, 0) is 47.7 Å². The molecule has 0 bridgehead atoms. The summed E-state index contributed by atoms with van der Waals surface area (Å²) < 4.78 is 2.10. The van der Waals surface area contributed by atoms with E-state index >= 15 is 0 Å². The van der Waals surface area contributed by atoms with Gasteiger partial charge < -0.3 is 9.67 Å². The largest absolute Gasteiger partial charge is 0.379 e. The number of para-hydroxylation sites is 1. The zero-order valence-electron chi connectivity index (χ0n) is 15.4. The zero-order chi connectivity index (χ0) is 19.7. The van der Waals surface area contributed by atoms with E-state index in [9.17, 15) is 15.2 Å². The number of aliphatic hydroxyl groups is 1. The average molecular weight is 372 g/mol. The van der Waals surface area contributed by atoms with E-state index in [1.807, 2.05) is 48.5 Å². The Balaban J connectivity index is 1.84. The first-order chi connectivity index (χ1) is 13.5. The summed E-state index contributed by atoms with van der Waals surface area (Å²) in [5.41, 5.74) is 2.21. The van der Waals surface area contributed by atoms with E-state index < -0.39 is 10.5 Å². The lowest BCUT2D eigenvalue weighted by molar-refractivity contribution is -0.384. The molecule has 28 heavy (non-hydrogen) atoms. The summed E-state index contributed by atoms with van der Waals surface area (Å²) in [6, 6.07) is 26.1. The van der Waals surface area contributed by atoms with Crippen molar-refractivity contribution in [2.24, 2.45) is 0 Å². The third-order valence-electron chi connectivity index (χ3n) is 5.13. The van der Waals surface area contributed by atoms with Crippen LogP contribution >= 0.6 is 0 Å². The van der Waals surface area contributed by atoms with Crippen LogP contribution in [-0.4, -0.2) is 14.6 Å². The Morgan fingerprint density at radius 2 is 1.61 bits per heavy atom. The Labute approximate surface area is 162 Å². The second-order valence-corrected chi connectivity index (χ2v) is 7.04. The minimum absolute atomic E-state index is 0.00405. The molecule has 140 valence electrons. The molecular weight excluding hydrogens is 352 g/mol. The molecule has 4 aromatic rings. The number of nitro benzene ring substituents is 1. The first kappa shape index (κ1) is 17.9. The lowest BCUT2D eigenvalue weighted by atomic mass is 9.92. The number of rotatable bonds is 5. The van der Waals surface area contributed by atoms with Crippen LogP contribution in [0.1, 0.15) is 23.7 Å². The number of fused-ring (bicyclic) bond motifs is 1. The van der Waals surface area contributed by atoms with Gasteiger partial charge in [0, 0.05) is 24.2 Å². The highest BCUT2D eigenvalue weighted by Crippen LogP contribution is 2.34. The van der Waals surface area contributed by atoms with Gasteiger partial charge in [-0.3, -0.25) is 10.1 Å². The molecule has 0 saturated heterocycles. The molecule has 1 heterocycles. The van der Waals surface area contributed by atoms with Gasteiger partial charge in [0.05, 0.1) is 10.6 Å². The Hall–Kier alpha value is -3.44. The molecule has 0 aliphatic heterocycles. The molecule has 1 unspecified atom stereocenters. The molecule has 1 aromatic heterocycles. The van der Waals surface area contributed by atoms with Crippen molar-refractivity contribution in [3.05, 3.63) is 112 Å². The van der Waals surface area contributed by atoms with Crippen molar-refractivity contribution >= 4 is 16.6 Å². The van der Waals surface area contributed by atoms with Crippen molar-refractivity contribution in [2.75, 3.05) is 0 Å². The molecule has 4 rings (SSSR count). The molecule has 0 amide bonds. The molecule has 1 N–H and O–H groups in total. The van der Waals surface area contributed by atoms with E-state index in [0.29, 0.717) is 12.1 Å². The standard InChI is InChI=1S/C23H20N2O3/c1-23(26,19-11-13-20(14-12-19)25(27)28)22-15-18-9-5-6-10-21(18)24(22)16-17-7-3-2-4-8-17/h2-15,26H,16H2,1H3. The highest BCUT2D eigenvalue weighted by atomic mass is 16.6. The van der Waals surface area contributed by atoms with Crippen LogP contribution in [0.3, 0.4) is 0 Å². The molecule has 3 aromatic carbocycles. The number of nitro groups is 1. The smallest absolute Gasteiger partial charge is 0.269 e. The summed E-state index contributed by atoms with van der Waals surface area (Å²) in [6.45, 7) is 2.34. The SMILES string of the molecule is CC(O)(c1ccc([N+](=O)[O-])cc1)c1cc2ccccc2n1Cc1ccccc1. The molecular formula is C23H20N2O3. The maximum atomic E-state index is 11.5. The summed E-state index contributed by atoms with van der Waals surface area (Å²) in [6.07, 6.45) is 0. The van der Waals surface area contributed by atoms with Gasteiger partial charge in [0.1, 0.15) is 5.60 Å². The minimum Gasteiger partial charge on any atom is -0.379 e. The van der Waals surface area contributed by atoms with E-state index in [1.165, 1.54) is 12.1 Å². The van der Waals surface area contributed by atoms with Crippen molar-refractivity contribution < 1.29 is 10.0 Å². The summed E-state index contributed by atoms with van der Waals surface area (Å²) in [5, 5.41) is 23.4. The van der Waals surface area contributed by atoms with Crippen molar-refractivity contribution in [3.8, 4) is 0 Å². The third-order valence-corrected chi connectivity index (χ3v) is 5.13. The predicted molar refractivity (Wildman–Crippen MR) is 109 cm³/mol. The van der Waals surface area contributed by atoms with E-state index in [4.69, 9.17) is 0 Å². The second kappa shape index (κ2) is 6.94. The van der Waals surface area contributed by atoms with E-state index in [-0.39, 0.29) is 5.69 Å². The maximum absolute atomic E-state index is 11.5. The first-order valence-electron chi connectivity index (χ1n) is 9.07. The minimum atomic E-state index is -1.30. The van der Waals surface area contributed by atoms with Crippen LogP contribution < -0.4 is 0 Å². The highest BCUT2D eigenvalue weighted by molar-refractivity contribution is 5.82. The van der Waals surface area contributed by atoms with Crippen LogP contribution in [0.5, 0.6) is 0 Å². The summed E-state index contributed by atoms with van der Waals surface area (Å²) >= 11 is 0. The van der Waals surface area contributed by atoms with E-state index in [1.54, 1.807) is 19.1 Å². The zero-order valence-corrected chi connectivity index (χ0v) is 15.4. The fourth-order valence-corrected chi connectivity index (χ4v) is 3.61. The van der Waals surface area contributed by atoms with Crippen LogP contribution in [0.4, 0.5) is 5.69 Å². The molecule has 0 aliphatic carbocycles. The predicted octanol–water partition coefficient (Wildman–Crippen LogP) is 4.85. The van der Waals surface area contributed by atoms with Gasteiger partial charge in [0.25, 0.3) is 5.69 Å². The van der Waals surface area contributed by atoms with Gasteiger partial charge >= 0.3 is 0 Å². The number of benzene rings is 3. The van der Waals surface area contributed by atoms with Crippen molar-refractivity contribution in [1.29, 1.82) is 0 Å². The average Bonchev–Trinajstić information content (AvgIpc) is 3.08. The Kier molecular flexibility index (Phi) is 4.45. The number of nitrogens with zero attached hydrogens (tertiary/aromatic N) is 2. The first-order valence-corrected chi connectivity index (χ1v) is 9.07. The monoisotopic (exact) mass is 372 g/mol. The van der Waals surface area contributed by atoms with Crippen molar-refractivity contribution in [2.45, 2.75) is 19.1 Å². The van der Waals surface area contributed by atoms with Crippen LogP contribution in [-0.2, 0) is 12.1 Å². The van der Waals surface area contributed by atoms with Gasteiger partial charge in [-0.2, -0.15) is 0 Å². The summed E-state index contributed by atoms with van der Waals surface area (Å²) in [7, 11) is 0. The second-order valence-electron chi connectivity index (χ2n) is 7.04. The normalized spacial score (nSPS) is 13.4. The molecule has 5 heteroatoms. The van der Waals surface area contributed by atoms with Crippen LogP contribution in [0.25, 0.3) is 10.9 Å². The molecule has 1 atom stereocenters. The number of non-ortho nitro benzene ring substituents is 1. The Morgan fingerprint density at radius 3 is 2.29 bits per heavy atom. The molecule has 0 fully saturated rings. The summed E-state index contributed by atoms with van der Waals surface area (Å²) in [5.74, 6) is 0. The quantitative estimate of drug-likeness (QED) is 0.402. The number of hydrogen-bond donors (Lipinski definition) is 1. The Morgan fingerprint density at radius 1 is 0.964 bits per heavy atom. The lowest BCUT2D eigenvalue weighted by Gasteiger charge is -2.26. The van der Waals surface area contributed by atoms with Gasteiger partial charge in [0.2, 0.25) is 0 Å². The van der Waals surface area contributed by atoms with Gasteiger partial charge in [-0.15, -0.1) is 0 Å². The topological polar surface area (TPSA) is 68.3 Å². The molecule has 0 radical (unpaired) electrons. The molecule has 0 aliphatic rings. The van der Waals surface area contributed by atoms with E-state index in [2.05, 4.69) is 16.7 Å².